The van der Waals surface area contributed by atoms with Crippen LogP contribution in [0.5, 0.6) is 0 Å². The SMILES string of the molecule is CC(=O)Nc1ccc(C(=O)N/N=C\c2c(Cl)cccc2Cl)cc1. The van der Waals surface area contributed by atoms with E-state index in [0.29, 0.717) is 26.9 Å². The van der Waals surface area contributed by atoms with Gasteiger partial charge in [-0.25, -0.2) is 5.43 Å². The Morgan fingerprint density at radius 3 is 2.22 bits per heavy atom. The molecule has 0 bridgehead atoms. The number of rotatable bonds is 4. The second kappa shape index (κ2) is 7.76. The molecule has 2 N–H and O–H groups in total. The van der Waals surface area contributed by atoms with Crippen LogP contribution in [-0.2, 0) is 4.79 Å². The maximum atomic E-state index is 12.0. The number of hydrogen-bond donors (Lipinski definition) is 2. The van der Waals surface area contributed by atoms with Gasteiger partial charge in [0.15, 0.2) is 0 Å². The Balaban J connectivity index is 2.02. The van der Waals surface area contributed by atoms with Gasteiger partial charge < -0.3 is 5.32 Å². The lowest BCUT2D eigenvalue weighted by atomic mass is 10.2. The summed E-state index contributed by atoms with van der Waals surface area (Å²) in [7, 11) is 0. The first-order chi connectivity index (χ1) is 11.0. The van der Waals surface area contributed by atoms with E-state index in [1.54, 1.807) is 42.5 Å². The second-order valence-electron chi connectivity index (χ2n) is 4.59. The number of hydrogen-bond acceptors (Lipinski definition) is 3. The third-order valence-electron chi connectivity index (χ3n) is 2.83. The Morgan fingerprint density at radius 2 is 1.65 bits per heavy atom. The molecule has 0 aliphatic heterocycles. The molecule has 23 heavy (non-hydrogen) atoms. The van der Waals surface area contributed by atoms with Crippen molar-refractivity contribution >= 4 is 46.9 Å². The molecule has 0 radical (unpaired) electrons. The number of carbonyl (C=O) groups is 2. The van der Waals surface area contributed by atoms with Crippen molar-refractivity contribution in [2.75, 3.05) is 5.32 Å². The van der Waals surface area contributed by atoms with Gasteiger partial charge in [-0.15, -0.1) is 0 Å². The van der Waals surface area contributed by atoms with Gasteiger partial charge in [0.25, 0.3) is 5.91 Å². The minimum atomic E-state index is -0.390. The highest BCUT2D eigenvalue weighted by atomic mass is 35.5. The summed E-state index contributed by atoms with van der Waals surface area (Å²) in [4.78, 5) is 22.9. The molecule has 2 aromatic rings. The highest BCUT2D eigenvalue weighted by molar-refractivity contribution is 6.38. The molecule has 0 saturated carbocycles. The van der Waals surface area contributed by atoms with Crippen molar-refractivity contribution in [3.8, 4) is 0 Å². The van der Waals surface area contributed by atoms with Gasteiger partial charge in [0.2, 0.25) is 5.91 Å². The van der Waals surface area contributed by atoms with Crippen LogP contribution in [0.1, 0.15) is 22.8 Å². The zero-order valence-corrected chi connectivity index (χ0v) is 13.7. The van der Waals surface area contributed by atoms with Gasteiger partial charge in [-0.3, -0.25) is 9.59 Å². The van der Waals surface area contributed by atoms with E-state index < -0.39 is 0 Å². The molecule has 2 aromatic carbocycles. The number of anilines is 1. The van der Waals surface area contributed by atoms with Gasteiger partial charge in [-0.05, 0) is 36.4 Å². The first-order valence-electron chi connectivity index (χ1n) is 6.62. The maximum absolute atomic E-state index is 12.0. The van der Waals surface area contributed by atoms with Crippen LogP contribution in [0.3, 0.4) is 0 Å². The van der Waals surface area contributed by atoms with E-state index in [2.05, 4.69) is 15.8 Å². The van der Waals surface area contributed by atoms with E-state index in [1.807, 2.05) is 0 Å². The molecule has 2 amide bonds. The molecular formula is C16H13Cl2N3O2. The van der Waals surface area contributed by atoms with Crippen LogP contribution in [-0.4, -0.2) is 18.0 Å². The summed E-state index contributed by atoms with van der Waals surface area (Å²) in [6.07, 6.45) is 1.38. The Labute approximate surface area is 143 Å². The Bertz CT molecular complexity index is 738. The molecule has 2 rings (SSSR count). The van der Waals surface area contributed by atoms with Crippen molar-refractivity contribution in [3.05, 3.63) is 63.6 Å². The minimum Gasteiger partial charge on any atom is -0.326 e. The molecule has 0 aromatic heterocycles. The zero-order chi connectivity index (χ0) is 16.8. The molecule has 0 unspecified atom stereocenters. The molecule has 7 heteroatoms. The summed E-state index contributed by atoms with van der Waals surface area (Å²) >= 11 is 12.0. The van der Waals surface area contributed by atoms with E-state index in [0.717, 1.165) is 0 Å². The van der Waals surface area contributed by atoms with Crippen molar-refractivity contribution < 1.29 is 9.59 Å². The Morgan fingerprint density at radius 1 is 1.04 bits per heavy atom. The summed E-state index contributed by atoms with van der Waals surface area (Å²) in [6, 6.07) is 11.5. The summed E-state index contributed by atoms with van der Waals surface area (Å²) in [6.45, 7) is 1.41. The number of nitrogens with one attached hydrogen (secondary N) is 2. The largest absolute Gasteiger partial charge is 0.326 e. The average molecular weight is 350 g/mol. The van der Waals surface area contributed by atoms with Gasteiger partial charge in [-0.1, -0.05) is 29.3 Å². The van der Waals surface area contributed by atoms with Crippen LogP contribution in [0.25, 0.3) is 0 Å². The van der Waals surface area contributed by atoms with Crippen LogP contribution in [0.4, 0.5) is 5.69 Å². The fourth-order valence-corrected chi connectivity index (χ4v) is 2.26. The van der Waals surface area contributed by atoms with Crippen LogP contribution in [0.2, 0.25) is 10.0 Å². The molecule has 118 valence electrons. The number of amides is 2. The summed E-state index contributed by atoms with van der Waals surface area (Å²) in [5, 5.41) is 7.35. The average Bonchev–Trinajstić information content (AvgIpc) is 2.50. The van der Waals surface area contributed by atoms with Crippen molar-refractivity contribution in [1.29, 1.82) is 0 Å². The van der Waals surface area contributed by atoms with Crippen LogP contribution >= 0.6 is 23.2 Å². The predicted octanol–water partition coefficient (Wildman–Crippen LogP) is 3.72. The maximum Gasteiger partial charge on any atom is 0.271 e. The lowest BCUT2D eigenvalue weighted by Gasteiger charge is -2.04. The van der Waals surface area contributed by atoms with Crippen LogP contribution < -0.4 is 10.7 Å². The van der Waals surface area contributed by atoms with E-state index in [9.17, 15) is 9.59 Å². The molecule has 5 nitrogen and oxygen atoms in total. The summed E-state index contributed by atoms with van der Waals surface area (Å²) in [5.41, 5.74) is 3.93. The van der Waals surface area contributed by atoms with E-state index in [1.165, 1.54) is 13.1 Å². The normalized spacial score (nSPS) is 10.6. The fraction of sp³-hybridized carbons (Fsp3) is 0.0625. The number of carbonyl (C=O) groups excluding carboxylic acids is 2. The first kappa shape index (κ1) is 17.0. The standard InChI is InChI=1S/C16H13Cl2N3O2/c1-10(22)20-12-7-5-11(6-8-12)16(23)21-19-9-13-14(17)3-2-4-15(13)18/h2-9H,1H3,(H,20,22)(H,21,23)/b19-9-. The topological polar surface area (TPSA) is 70.6 Å². The number of hydrazone groups is 1. The predicted molar refractivity (Wildman–Crippen MR) is 92.3 cm³/mol. The van der Waals surface area contributed by atoms with Gasteiger partial charge in [0.1, 0.15) is 0 Å². The highest BCUT2D eigenvalue weighted by Gasteiger charge is 2.05. The van der Waals surface area contributed by atoms with Crippen molar-refractivity contribution in [2.45, 2.75) is 6.92 Å². The Hall–Kier alpha value is -2.37. The minimum absolute atomic E-state index is 0.177. The van der Waals surface area contributed by atoms with Crippen molar-refractivity contribution in [1.82, 2.24) is 5.43 Å². The van der Waals surface area contributed by atoms with E-state index in [-0.39, 0.29) is 11.8 Å². The van der Waals surface area contributed by atoms with E-state index >= 15 is 0 Å². The fourth-order valence-electron chi connectivity index (χ4n) is 1.76. The van der Waals surface area contributed by atoms with Crippen molar-refractivity contribution in [2.24, 2.45) is 5.10 Å². The van der Waals surface area contributed by atoms with Gasteiger partial charge in [0, 0.05) is 23.7 Å². The molecule has 0 spiro atoms. The molecule has 0 saturated heterocycles. The molecular weight excluding hydrogens is 337 g/mol. The smallest absolute Gasteiger partial charge is 0.271 e. The zero-order valence-electron chi connectivity index (χ0n) is 12.1. The van der Waals surface area contributed by atoms with Crippen molar-refractivity contribution in [3.63, 3.8) is 0 Å². The lowest BCUT2D eigenvalue weighted by molar-refractivity contribution is -0.114. The first-order valence-corrected chi connectivity index (χ1v) is 7.38. The molecule has 0 aliphatic carbocycles. The van der Waals surface area contributed by atoms with Crippen LogP contribution in [0, 0.1) is 0 Å². The summed E-state index contributed by atoms with van der Waals surface area (Å²) in [5.74, 6) is -0.567. The van der Waals surface area contributed by atoms with Gasteiger partial charge >= 0.3 is 0 Å². The van der Waals surface area contributed by atoms with Crippen LogP contribution in [0.15, 0.2) is 47.6 Å². The quantitative estimate of drug-likeness (QED) is 0.652. The Kier molecular flexibility index (Phi) is 5.73. The lowest BCUT2D eigenvalue weighted by Crippen LogP contribution is -2.17. The van der Waals surface area contributed by atoms with E-state index in [4.69, 9.17) is 23.2 Å². The number of nitrogens with zero attached hydrogens (tertiary/aromatic N) is 1. The summed E-state index contributed by atoms with van der Waals surface area (Å²) < 4.78 is 0. The monoisotopic (exact) mass is 349 g/mol. The number of halogens is 2. The second-order valence-corrected chi connectivity index (χ2v) is 5.41. The third-order valence-corrected chi connectivity index (χ3v) is 3.49. The molecule has 0 atom stereocenters. The highest BCUT2D eigenvalue weighted by Crippen LogP contribution is 2.22. The third kappa shape index (κ3) is 4.81. The van der Waals surface area contributed by atoms with Gasteiger partial charge in [-0.2, -0.15) is 5.10 Å². The number of benzene rings is 2. The molecule has 0 fully saturated rings. The molecule has 0 heterocycles. The van der Waals surface area contributed by atoms with Gasteiger partial charge in [0.05, 0.1) is 16.3 Å². The molecule has 0 aliphatic rings.